The van der Waals surface area contributed by atoms with E-state index < -0.39 is 17.3 Å². The first kappa shape index (κ1) is 15.9. The Hall–Kier alpha value is -2.96. The number of halogens is 2. The Morgan fingerprint density at radius 3 is 2.62 bits per heavy atom. The van der Waals surface area contributed by atoms with Crippen molar-refractivity contribution in [2.75, 3.05) is 13.7 Å². The van der Waals surface area contributed by atoms with E-state index in [1.54, 1.807) is 6.92 Å². The molecule has 0 radical (unpaired) electrons. The average Bonchev–Trinajstić information content (AvgIpc) is 2.55. The van der Waals surface area contributed by atoms with E-state index in [9.17, 15) is 13.6 Å². The molecule has 7 heteroatoms. The van der Waals surface area contributed by atoms with E-state index in [-0.39, 0.29) is 22.4 Å². The van der Waals surface area contributed by atoms with E-state index in [1.165, 1.54) is 19.2 Å². The third kappa shape index (κ3) is 2.80. The smallest absolute Gasteiger partial charge is 0.347 e. The van der Waals surface area contributed by atoms with Gasteiger partial charge >= 0.3 is 5.63 Å². The fourth-order valence-corrected chi connectivity index (χ4v) is 2.29. The maximum absolute atomic E-state index is 13.9. The second-order valence-electron chi connectivity index (χ2n) is 4.88. The van der Waals surface area contributed by atoms with Crippen molar-refractivity contribution in [3.05, 3.63) is 52.4 Å². The van der Waals surface area contributed by atoms with Crippen LogP contribution < -0.4 is 15.1 Å². The number of rotatable bonds is 4. The van der Waals surface area contributed by atoms with Crippen molar-refractivity contribution in [1.29, 1.82) is 0 Å². The second kappa shape index (κ2) is 6.27. The van der Waals surface area contributed by atoms with Gasteiger partial charge < -0.3 is 13.9 Å². The summed E-state index contributed by atoms with van der Waals surface area (Å²) in [5.41, 5.74) is -0.559. The maximum Gasteiger partial charge on any atom is 0.347 e. The van der Waals surface area contributed by atoms with Crippen LogP contribution in [0.2, 0.25) is 0 Å². The zero-order valence-electron chi connectivity index (χ0n) is 12.9. The summed E-state index contributed by atoms with van der Waals surface area (Å²) in [7, 11) is 1.45. The van der Waals surface area contributed by atoms with Gasteiger partial charge in [-0.05, 0) is 19.1 Å². The van der Waals surface area contributed by atoms with E-state index in [0.29, 0.717) is 24.2 Å². The van der Waals surface area contributed by atoms with Crippen molar-refractivity contribution < 1.29 is 22.7 Å². The molecule has 0 fully saturated rings. The van der Waals surface area contributed by atoms with E-state index in [1.807, 2.05) is 0 Å². The molecule has 0 saturated heterocycles. The molecule has 0 N–H and O–H groups in total. The van der Waals surface area contributed by atoms with Crippen molar-refractivity contribution in [2.24, 2.45) is 0 Å². The summed E-state index contributed by atoms with van der Waals surface area (Å²) in [6.45, 7) is 2.18. The van der Waals surface area contributed by atoms with Gasteiger partial charge in [0.2, 0.25) is 5.89 Å². The third-order valence-corrected chi connectivity index (χ3v) is 3.37. The van der Waals surface area contributed by atoms with Crippen LogP contribution in [0.1, 0.15) is 6.92 Å². The van der Waals surface area contributed by atoms with Crippen LogP contribution >= 0.6 is 0 Å². The summed E-state index contributed by atoms with van der Waals surface area (Å²) in [5.74, 6) is -1.09. The number of fused-ring (bicyclic) bond motifs is 1. The Balaban J connectivity index is 2.23. The molecule has 1 aromatic heterocycles. The van der Waals surface area contributed by atoms with Crippen LogP contribution in [0.5, 0.6) is 11.5 Å². The minimum absolute atomic E-state index is 0.108. The van der Waals surface area contributed by atoms with E-state index in [4.69, 9.17) is 13.9 Å². The van der Waals surface area contributed by atoms with Gasteiger partial charge in [-0.25, -0.2) is 18.6 Å². The van der Waals surface area contributed by atoms with Gasteiger partial charge in [0.25, 0.3) is 0 Å². The average molecular weight is 333 g/mol. The van der Waals surface area contributed by atoms with E-state index in [2.05, 4.69) is 4.98 Å². The largest absolute Gasteiger partial charge is 0.493 e. The Labute approximate surface area is 135 Å². The summed E-state index contributed by atoms with van der Waals surface area (Å²) >= 11 is 0. The number of benzene rings is 2. The normalized spacial score (nSPS) is 10.8. The molecule has 24 heavy (non-hydrogen) atoms. The predicted molar refractivity (Wildman–Crippen MR) is 83.4 cm³/mol. The molecule has 0 aliphatic heterocycles. The predicted octanol–water partition coefficient (Wildman–Crippen LogP) is 3.54. The molecule has 0 unspecified atom stereocenters. The molecule has 3 rings (SSSR count). The van der Waals surface area contributed by atoms with Crippen molar-refractivity contribution in [2.45, 2.75) is 6.92 Å². The number of nitrogens with zero attached hydrogens (tertiary/aromatic N) is 1. The maximum atomic E-state index is 13.9. The van der Waals surface area contributed by atoms with Crippen LogP contribution in [0.3, 0.4) is 0 Å². The standard InChI is InChI=1S/C17H13F2NO4/c1-3-23-15-7-11-13(8-14(15)22-2)20-16(24-17(11)21)10-5-4-9(18)6-12(10)19/h4-8H,3H2,1-2H3. The summed E-state index contributed by atoms with van der Waals surface area (Å²) in [4.78, 5) is 16.3. The first-order valence-electron chi connectivity index (χ1n) is 7.14. The zero-order chi connectivity index (χ0) is 17.3. The van der Waals surface area contributed by atoms with Gasteiger partial charge in [0, 0.05) is 18.2 Å². The van der Waals surface area contributed by atoms with Crippen LogP contribution in [0.25, 0.3) is 22.4 Å². The lowest BCUT2D eigenvalue weighted by Crippen LogP contribution is -2.05. The summed E-state index contributed by atoms with van der Waals surface area (Å²) in [6, 6.07) is 5.88. The lowest BCUT2D eigenvalue weighted by molar-refractivity contribution is 0.311. The molecule has 0 spiro atoms. The SMILES string of the molecule is CCOc1cc2c(=O)oc(-c3ccc(F)cc3F)nc2cc1OC. The first-order chi connectivity index (χ1) is 11.5. The molecular formula is C17H13F2NO4. The molecule has 0 saturated carbocycles. The summed E-state index contributed by atoms with van der Waals surface area (Å²) < 4.78 is 42.6. The van der Waals surface area contributed by atoms with Crippen molar-refractivity contribution >= 4 is 10.9 Å². The number of hydrogen-bond acceptors (Lipinski definition) is 5. The van der Waals surface area contributed by atoms with Crippen LogP contribution in [-0.4, -0.2) is 18.7 Å². The second-order valence-corrected chi connectivity index (χ2v) is 4.88. The van der Waals surface area contributed by atoms with Gasteiger partial charge in [0.1, 0.15) is 11.6 Å². The highest BCUT2D eigenvalue weighted by atomic mass is 19.1. The van der Waals surface area contributed by atoms with Gasteiger partial charge in [0.05, 0.1) is 30.2 Å². The highest BCUT2D eigenvalue weighted by Crippen LogP contribution is 2.31. The molecule has 0 aliphatic rings. The van der Waals surface area contributed by atoms with Crippen LogP contribution in [0, 0.1) is 11.6 Å². The minimum atomic E-state index is -0.872. The molecule has 0 bridgehead atoms. The number of aromatic nitrogens is 1. The highest BCUT2D eigenvalue weighted by Gasteiger charge is 2.16. The van der Waals surface area contributed by atoms with Gasteiger partial charge in [-0.3, -0.25) is 0 Å². The highest BCUT2D eigenvalue weighted by molar-refractivity contribution is 5.82. The molecule has 124 valence electrons. The van der Waals surface area contributed by atoms with E-state index in [0.717, 1.165) is 12.1 Å². The van der Waals surface area contributed by atoms with E-state index >= 15 is 0 Å². The fraction of sp³-hybridized carbons (Fsp3) is 0.176. The van der Waals surface area contributed by atoms with Crippen LogP contribution in [-0.2, 0) is 0 Å². The number of ether oxygens (including phenoxy) is 2. The lowest BCUT2D eigenvalue weighted by Gasteiger charge is -2.10. The molecule has 2 aromatic carbocycles. The van der Waals surface area contributed by atoms with Crippen molar-refractivity contribution in [3.8, 4) is 23.0 Å². The monoisotopic (exact) mass is 333 g/mol. The Morgan fingerprint density at radius 2 is 1.96 bits per heavy atom. The molecule has 3 aromatic rings. The van der Waals surface area contributed by atoms with Crippen molar-refractivity contribution in [3.63, 3.8) is 0 Å². The van der Waals surface area contributed by atoms with Crippen LogP contribution in [0.15, 0.2) is 39.5 Å². The molecule has 1 heterocycles. The Bertz CT molecular complexity index is 969. The molecule has 0 aliphatic carbocycles. The van der Waals surface area contributed by atoms with Gasteiger partial charge in [-0.15, -0.1) is 0 Å². The topological polar surface area (TPSA) is 61.6 Å². The first-order valence-corrected chi connectivity index (χ1v) is 7.14. The zero-order valence-corrected chi connectivity index (χ0v) is 12.9. The summed E-state index contributed by atoms with van der Waals surface area (Å²) in [6.07, 6.45) is 0. The molecular weight excluding hydrogens is 320 g/mol. The molecule has 0 amide bonds. The lowest BCUT2D eigenvalue weighted by atomic mass is 10.2. The number of methoxy groups -OCH3 is 1. The minimum Gasteiger partial charge on any atom is -0.493 e. The Morgan fingerprint density at radius 1 is 1.17 bits per heavy atom. The quantitative estimate of drug-likeness (QED) is 0.731. The van der Waals surface area contributed by atoms with Gasteiger partial charge in [0.15, 0.2) is 11.5 Å². The summed E-state index contributed by atoms with van der Waals surface area (Å²) in [5, 5.41) is 0.172. The Kier molecular flexibility index (Phi) is 4.16. The van der Waals surface area contributed by atoms with Gasteiger partial charge in [-0.1, -0.05) is 0 Å². The van der Waals surface area contributed by atoms with Gasteiger partial charge in [-0.2, -0.15) is 0 Å². The fourth-order valence-electron chi connectivity index (χ4n) is 2.29. The number of hydrogen-bond donors (Lipinski definition) is 0. The van der Waals surface area contributed by atoms with Crippen LogP contribution in [0.4, 0.5) is 8.78 Å². The molecule has 5 nitrogen and oxygen atoms in total. The van der Waals surface area contributed by atoms with Crippen molar-refractivity contribution in [1.82, 2.24) is 4.98 Å². The molecule has 0 atom stereocenters. The third-order valence-electron chi connectivity index (χ3n) is 3.37.